The third-order valence-electron chi connectivity index (χ3n) is 5.66. The number of benzene rings is 2. The standard InChI is InChI=1S/C23H20F8O/c1-3-22(28,29)13-5-7-14(8-6-13)32-23(30,31)17-11-10-16(20(26)21(17)27)15-9-4-12(2)18(24)19(15)25/h4,7,9-11,13H,3,5-6,8H2,1-2H3. The number of halogens is 8. The summed E-state index contributed by atoms with van der Waals surface area (Å²) in [4.78, 5) is 0. The average Bonchev–Trinajstić information content (AvgIpc) is 2.74. The zero-order valence-electron chi connectivity index (χ0n) is 17.2. The Labute approximate surface area is 179 Å². The van der Waals surface area contributed by atoms with Gasteiger partial charge in [0.15, 0.2) is 23.3 Å². The van der Waals surface area contributed by atoms with Crippen LogP contribution in [0.3, 0.4) is 0 Å². The summed E-state index contributed by atoms with van der Waals surface area (Å²) in [5.41, 5.74) is -2.88. The molecule has 0 N–H and O–H groups in total. The van der Waals surface area contributed by atoms with Gasteiger partial charge in [0.2, 0.25) is 0 Å². The van der Waals surface area contributed by atoms with Crippen LogP contribution in [0.15, 0.2) is 36.1 Å². The molecule has 1 nitrogen and oxygen atoms in total. The molecule has 0 aromatic heterocycles. The van der Waals surface area contributed by atoms with Crippen molar-refractivity contribution in [3.05, 3.63) is 70.5 Å². The van der Waals surface area contributed by atoms with Crippen LogP contribution in [-0.4, -0.2) is 5.92 Å². The maximum atomic E-state index is 14.6. The first-order valence-electron chi connectivity index (χ1n) is 9.96. The quantitative estimate of drug-likeness (QED) is 0.394. The van der Waals surface area contributed by atoms with Gasteiger partial charge >= 0.3 is 6.11 Å². The van der Waals surface area contributed by atoms with Crippen molar-refractivity contribution in [2.24, 2.45) is 5.92 Å². The fourth-order valence-corrected chi connectivity index (χ4v) is 3.63. The minimum atomic E-state index is -4.31. The maximum Gasteiger partial charge on any atom is 0.429 e. The lowest BCUT2D eigenvalue weighted by Crippen LogP contribution is -2.30. The van der Waals surface area contributed by atoms with E-state index in [0.29, 0.717) is 12.1 Å². The normalized spacial score (nSPS) is 17.3. The summed E-state index contributed by atoms with van der Waals surface area (Å²) in [5, 5.41) is 0. The van der Waals surface area contributed by atoms with Gasteiger partial charge in [0.25, 0.3) is 5.92 Å². The van der Waals surface area contributed by atoms with Crippen LogP contribution >= 0.6 is 0 Å². The highest BCUT2D eigenvalue weighted by atomic mass is 19.3. The van der Waals surface area contributed by atoms with Gasteiger partial charge < -0.3 is 4.74 Å². The van der Waals surface area contributed by atoms with Crippen LogP contribution in [0.2, 0.25) is 0 Å². The number of aryl methyl sites for hydroxylation is 1. The first-order chi connectivity index (χ1) is 14.9. The summed E-state index contributed by atoms with van der Waals surface area (Å²) in [7, 11) is 0. The van der Waals surface area contributed by atoms with E-state index >= 15 is 0 Å². The number of rotatable bonds is 6. The lowest BCUT2D eigenvalue weighted by Gasteiger charge is -2.30. The monoisotopic (exact) mass is 464 g/mol. The van der Waals surface area contributed by atoms with Crippen molar-refractivity contribution in [2.45, 2.75) is 51.6 Å². The fraction of sp³-hybridized carbons (Fsp3) is 0.391. The Hall–Kier alpha value is -2.58. The van der Waals surface area contributed by atoms with E-state index in [4.69, 9.17) is 0 Å². The Morgan fingerprint density at radius 3 is 2.03 bits per heavy atom. The highest BCUT2D eigenvalue weighted by Gasteiger charge is 2.42. The molecule has 0 aliphatic heterocycles. The molecule has 1 aliphatic rings. The van der Waals surface area contributed by atoms with Crippen LogP contribution in [0.1, 0.15) is 43.7 Å². The van der Waals surface area contributed by atoms with Gasteiger partial charge in [-0.25, -0.2) is 26.3 Å². The molecule has 9 heteroatoms. The second-order valence-electron chi connectivity index (χ2n) is 7.72. The van der Waals surface area contributed by atoms with Crippen LogP contribution in [0, 0.1) is 36.1 Å². The molecular formula is C23H20F8O. The SMILES string of the molecule is CCC(F)(F)C1CC=C(OC(F)(F)c2ccc(-c3ccc(C)c(F)c3F)c(F)c2F)CC1. The van der Waals surface area contributed by atoms with E-state index in [0.717, 1.165) is 18.2 Å². The molecule has 1 unspecified atom stereocenters. The summed E-state index contributed by atoms with van der Waals surface area (Å²) in [6.45, 7) is 2.59. The van der Waals surface area contributed by atoms with Crippen molar-refractivity contribution in [2.75, 3.05) is 0 Å². The van der Waals surface area contributed by atoms with E-state index in [9.17, 15) is 35.1 Å². The zero-order valence-corrected chi connectivity index (χ0v) is 17.2. The van der Waals surface area contributed by atoms with E-state index in [-0.39, 0.29) is 37.0 Å². The molecule has 2 aromatic rings. The molecule has 174 valence electrons. The van der Waals surface area contributed by atoms with Crippen LogP contribution in [-0.2, 0) is 10.8 Å². The van der Waals surface area contributed by atoms with Gasteiger partial charge in [-0.2, -0.15) is 8.78 Å². The van der Waals surface area contributed by atoms with E-state index in [1.54, 1.807) is 0 Å². The number of hydrogen-bond donors (Lipinski definition) is 0. The average molecular weight is 464 g/mol. The highest BCUT2D eigenvalue weighted by molar-refractivity contribution is 5.66. The van der Waals surface area contributed by atoms with Crippen molar-refractivity contribution in [1.82, 2.24) is 0 Å². The van der Waals surface area contributed by atoms with Gasteiger partial charge in [-0.1, -0.05) is 25.1 Å². The molecule has 0 fully saturated rings. The van der Waals surface area contributed by atoms with Gasteiger partial charge in [0.05, 0.1) is 5.76 Å². The number of ether oxygens (including phenoxy) is 1. The Balaban J connectivity index is 1.87. The summed E-state index contributed by atoms with van der Waals surface area (Å²) in [6, 6.07) is 3.37. The topological polar surface area (TPSA) is 9.23 Å². The maximum absolute atomic E-state index is 14.6. The third kappa shape index (κ3) is 4.47. The van der Waals surface area contributed by atoms with E-state index in [2.05, 4.69) is 4.74 Å². The Morgan fingerprint density at radius 1 is 0.875 bits per heavy atom. The smallest absolute Gasteiger partial charge is 0.429 e. The molecule has 3 rings (SSSR count). The van der Waals surface area contributed by atoms with E-state index in [1.165, 1.54) is 13.8 Å². The van der Waals surface area contributed by atoms with E-state index in [1.807, 2.05) is 0 Å². The lowest BCUT2D eigenvalue weighted by atomic mass is 9.86. The molecule has 32 heavy (non-hydrogen) atoms. The van der Waals surface area contributed by atoms with Crippen molar-refractivity contribution in [3.8, 4) is 11.1 Å². The molecule has 0 radical (unpaired) electrons. The first kappa shape index (κ1) is 24.1. The Kier molecular flexibility index (Phi) is 6.58. The van der Waals surface area contributed by atoms with Crippen molar-refractivity contribution < 1.29 is 39.9 Å². The van der Waals surface area contributed by atoms with Crippen molar-refractivity contribution in [1.29, 1.82) is 0 Å². The van der Waals surface area contributed by atoms with Gasteiger partial charge in [0, 0.05) is 29.9 Å². The van der Waals surface area contributed by atoms with Gasteiger partial charge in [-0.05, 0) is 37.5 Å². The van der Waals surface area contributed by atoms with Gasteiger partial charge in [0.1, 0.15) is 5.56 Å². The second kappa shape index (κ2) is 8.75. The van der Waals surface area contributed by atoms with Crippen molar-refractivity contribution in [3.63, 3.8) is 0 Å². The molecule has 1 aliphatic carbocycles. The molecule has 0 saturated heterocycles. The molecule has 0 saturated carbocycles. The number of hydrogen-bond acceptors (Lipinski definition) is 1. The molecule has 0 amide bonds. The molecule has 0 bridgehead atoms. The lowest BCUT2D eigenvalue weighted by molar-refractivity contribution is -0.229. The molecule has 1 atom stereocenters. The predicted molar refractivity (Wildman–Crippen MR) is 102 cm³/mol. The summed E-state index contributed by atoms with van der Waals surface area (Å²) < 4.78 is 118. The van der Waals surface area contributed by atoms with Crippen LogP contribution in [0.25, 0.3) is 11.1 Å². The summed E-state index contributed by atoms with van der Waals surface area (Å²) in [5.74, 6) is -10.8. The van der Waals surface area contributed by atoms with Crippen LogP contribution in [0.5, 0.6) is 0 Å². The zero-order chi connectivity index (χ0) is 23.8. The molecular weight excluding hydrogens is 444 g/mol. The molecule has 2 aromatic carbocycles. The number of allylic oxidation sites excluding steroid dienone is 2. The largest absolute Gasteiger partial charge is 0.434 e. The third-order valence-corrected chi connectivity index (χ3v) is 5.66. The minimum Gasteiger partial charge on any atom is -0.434 e. The Bertz CT molecular complexity index is 1040. The minimum absolute atomic E-state index is 0.0663. The van der Waals surface area contributed by atoms with Crippen LogP contribution < -0.4 is 0 Å². The summed E-state index contributed by atoms with van der Waals surface area (Å²) in [6.07, 6.45) is -4.12. The van der Waals surface area contributed by atoms with Crippen LogP contribution in [0.4, 0.5) is 35.1 Å². The van der Waals surface area contributed by atoms with Crippen molar-refractivity contribution >= 4 is 0 Å². The number of alkyl halides is 4. The first-order valence-corrected chi connectivity index (χ1v) is 9.96. The van der Waals surface area contributed by atoms with E-state index < -0.39 is 57.9 Å². The summed E-state index contributed by atoms with van der Waals surface area (Å²) >= 11 is 0. The van der Waals surface area contributed by atoms with Gasteiger partial charge in [-0.15, -0.1) is 0 Å². The molecule has 0 heterocycles. The Morgan fingerprint density at radius 2 is 1.47 bits per heavy atom. The fourth-order valence-electron chi connectivity index (χ4n) is 3.63. The predicted octanol–water partition coefficient (Wildman–Crippen LogP) is 8.01. The highest BCUT2D eigenvalue weighted by Crippen LogP contribution is 2.42. The van der Waals surface area contributed by atoms with Gasteiger partial charge in [-0.3, -0.25) is 0 Å². The molecule has 0 spiro atoms. The second-order valence-corrected chi connectivity index (χ2v) is 7.72.